The fourth-order valence-electron chi connectivity index (χ4n) is 2.98. The van der Waals surface area contributed by atoms with E-state index >= 15 is 0 Å². The lowest BCUT2D eigenvalue weighted by Crippen LogP contribution is -2.33. The first-order valence-electron chi connectivity index (χ1n) is 6.93. The van der Waals surface area contributed by atoms with Crippen LogP contribution in [0.15, 0.2) is 0 Å². The molecule has 0 aromatic heterocycles. The summed E-state index contributed by atoms with van der Waals surface area (Å²) in [5, 5.41) is 0. The zero-order chi connectivity index (χ0) is 12.2. The van der Waals surface area contributed by atoms with E-state index in [0.717, 1.165) is 12.3 Å². The summed E-state index contributed by atoms with van der Waals surface area (Å²) < 4.78 is 0. The number of hydrogen-bond acceptors (Lipinski definition) is 2. The van der Waals surface area contributed by atoms with Crippen molar-refractivity contribution in [2.75, 3.05) is 0 Å². The van der Waals surface area contributed by atoms with Crippen LogP contribution in [0.5, 0.6) is 0 Å². The van der Waals surface area contributed by atoms with E-state index in [1.54, 1.807) is 0 Å². The zero-order valence-corrected chi connectivity index (χ0v) is 11.3. The van der Waals surface area contributed by atoms with Crippen molar-refractivity contribution >= 4 is 0 Å². The van der Waals surface area contributed by atoms with Crippen molar-refractivity contribution < 1.29 is 0 Å². The maximum absolute atomic E-state index is 5.96. The number of nitrogens with two attached hydrogens (primary N) is 2. The standard InChI is InChI=1S/C14H30N2/c1-11(15)5-4-10-14(2,3)12-6-8-13(16)9-7-12/h11-13H,4-10,15-16H2,1-3H3/t11?,12-,13+. The predicted octanol–water partition coefficient (Wildman–Crippen LogP) is 3.05. The Balaban J connectivity index is 2.32. The lowest BCUT2D eigenvalue weighted by molar-refractivity contribution is 0.134. The molecule has 0 aromatic rings. The minimum absolute atomic E-state index is 0.357. The van der Waals surface area contributed by atoms with E-state index in [4.69, 9.17) is 11.5 Å². The second-order valence-corrected chi connectivity index (χ2v) is 6.47. The van der Waals surface area contributed by atoms with Gasteiger partial charge in [0.15, 0.2) is 0 Å². The summed E-state index contributed by atoms with van der Waals surface area (Å²) in [6.45, 7) is 6.96. The molecule has 0 aromatic carbocycles. The molecular weight excluding hydrogens is 196 g/mol. The van der Waals surface area contributed by atoms with Gasteiger partial charge in [-0.15, -0.1) is 0 Å². The van der Waals surface area contributed by atoms with Crippen LogP contribution in [-0.2, 0) is 0 Å². The third-order valence-corrected chi connectivity index (χ3v) is 4.36. The van der Waals surface area contributed by atoms with Crippen LogP contribution >= 0.6 is 0 Å². The Morgan fingerprint density at radius 3 is 2.25 bits per heavy atom. The van der Waals surface area contributed by atoms with Crippen LogP contribution in [0.2, 0.25) is 0 Å². The second-order valence-electron chi connectivity index (χ2n) is 6.47. The normalized spacial score (nSPS) is 29.1. The first kappa shape index (κ1) is 14.0. The van der Waals surface area contributed by atoms with Gasteiger partial charge in [0.05, 0.1) is 0 Å². The summed E-state index contributed by atoms with van der Waals surface area (Å²) in [5.41, 5.74) is 12.2. The molecule has 0 heterocycles. The summed E-state index contributed by atoms with van der Waals surface area (Å²) in [5.74, 6) is 0.875. The molecule has 16 heavy (non-hydrogen) atoms. The molecule has 4 N–H and O–H groups in total. The summed E-state index contributed by atoms with van der Waals surface area (Å²) in [4.78, 5) is 0. The molecule has 2 heteroatoms. The molecule has 1 atom stereocenters. The first-order valence-corrected chi connectivity index (χ1v) is 6.93. The molecule has 96 valence electrons. The molecule has 0 amide bonds. The van der Waals surface area contributed by atoms with Gasteiger partial charge >= 0.3 is 0 Å². The molecule has 0 bridgehead atoms. The van der Waals surface area contributed by atoms with Gasteiger partial charge in [-0.2, -0.15) is 0 Å². The monoisotopic (exact) mass is 226 g/mol. The van der Waals surface area contributed by atoms with Gasteiger partial charge in [0.25, 0.3) is 0 Å². The largest absolute Gasteiger partial charge is 0.328 e. The van der Waals surface area contributed by atoms with E-state index in [1.807, 2.05) is 0 Å². The van der Waals surface area contributed by atoms with Crippen LogP contribution in [0.3, 0.4) is 0 Å². The number of hydrogen-bond donors (Lipinski definition) is 2. The van der Waals surface area contributed by atoms with E-state index in [1.165, 1.54) is 38.5 Å². The Kier molecular flexibility index (Phi) is 5.26. The fraction of sp³-hybridized carbons (Fsp3) is 1.00. The van der Waals surface area contributed by atoms with Crippen LogP contribution < -0.4 is 11.5 Å². The molecule has 0 saturated heterocycles. The van der Waals surface area contributed by atoms with E-state index in [0.29, 0.717) is 17.5 Å². The van der Waals surface area contributed by atoms with E-state index in [2.05, 4.69) is 20.8 Å². The van der Waals surface area contributed by atoms with E-state index in [9.17, 15) is 0 Å². The molecule has 1 unspecified atom stereocenters. The van der Waals surface area contributed by atoms with Crippen LogP contribution in [-0.4, -0.2) is 12.1 Å². The molecule has 1 aliphatic carbocycles. The maximum atomic E-state index is 5.96. The van der Waals surface area contributed by atoms with E-state index in [-0.39, 0.29) is 0 Å². The highest BCUT2D eigenvalue weighted by atomic mass is 14.6. The Labute approximate surface area is 101 Å². The molecule has 0 spiro atoms. The smallest absolute Gasteiger partial charge is 0.00390 e. The maximum Gasteiger partial charge on any atom is 0.00390 e. The summed E-state index contributed by atoms with van der Waals surface area (Å²) in [7, 11) is 0. The lowest BCUT2D eigenvalue weighted by atomic mass is 9.68. The number of rotatable bonds is 5. The Morgan fingerprint density at radius 2 is 1.75 bits per heavy atom. The van der Waals surface area contributed by atoms with Crippen LogP contribution in [0.4, 0.5) is 0 Å². The molecule has 1 aliphatic rings. The molecule has 1 rings (SSSR count). The van der Waals surface area contributed by atoms with Gasteiger partial charge in [0.1, 0.15) is 0 Å². The Hall–Kier alpha value is -0.0800. The molecule has 0 aliphatic heterocycles. The average Bonchev–Trinajstić information content (AvgIpc) is 2.17. The van der Waals surface area contributed by atoms with Crippen molar-refractivity contribution in [1.29, 1.82) is 0 Å². The summed E-state index contributed by atoms with van der Waals surface area (Å²) in [6, 6.07) is 0.826. The van der Waals surface area contributed by atoms with Gasteiger partial charge < -0.3 is 11.5 Å². The van der Waals surface area contributed by atoms with Crippen molar-refractivity contribution in [3.63, 3.8) is 0 Å². The highest BCUT2D eigenvalue weighted by molar-refractivity contribution is 4.84. The quantitative estimate of drug-likeness (QED) is 0.757. The van der Waals surface area contributed by atoms with Crippen LogP contribution in [0.25, 0.3) is 0 Å². The minimum atomic E-state index is 0.357. The summed E-state index contributed by atoms with van der Waals surface area (Å²) in [6.07, 6.45) is 8.85. The SMILES string of the molecule is CC(N)CCCC(C)(C)[C@H]1CC[C@@H](N)CC1. The van der Waals surface area contributed by atoms with Gasteiger partial charge in [-0.3, -0.25) is 0 Å². The van der Waals surface area contributed by atoms with Gasteiger partial charge in [-0.1, -0.05) is 20.3 Å². The first-order chi connectivity index (χ1) is 7.42. The zero-order valence-electron chi connectivity index (χ0n) is 11.3. The van der Waals surface area contributed by atoms with Crippen LogP contribution in [0, 0.1) is 11.3 Å². The van der Waals surface area contributed by atoms with Crippen molar-refractivity contribution in [1.82, 2.24) is 0 Å². The average molecular weight is 226 g/mol. The summed E-state index contributed by atoms with van der Waals surface area (Å²) >= 11 is 0. The second kappa shape index (κ2) is 6.02. The molecule has 2 nitrogen and oxygen atoms in total. The predicted molar refractivity (Wildman–Crippen MR) is 71.2 cm³/mol. The lowest BCUT2D eigenvalue weighted by Gasteiger charge is -2.39. The fourth-order valence-corrected chi connectivity index (χ4v) is 2.98. The van der Waals surface area contributed by atoms with E-state index < -0.39 is 0 Å². The van der Waals surface area contributed by atoms with Gasteiger partial charge in [0.2, 0.25) is 0 Å². The van der Waals surface area contributed by atoms with Gasteiger partial charge in [-0.25, -0.2) is 0 Å². The van der Waals surface area contributed by atoms with Gasteiger partial charge in [0, 0.05) is 12.1 Å². The Morgan fingerprint density at radius 1 is 1.19 bits per heavy atom. The molecule has 1 saturated carbocycles. The molecule has 0 radical (unpaired) electrons. The van der Waals surface area contributed by atoms with Crippen molar-refractivity contribution in [3.05, 3.63) is 0 Å². The highest BCUT2D eigenvalue weighted by Gasteiger charge is 2.31. The van der Waals surface area contributed by atoms with Crippen molar-refractivity contribution in [3.8, 4) is 0 Å². The minimum Gasteiger partial charge on any atom is -0.328 e. The van der Waals surface area contributed by atoms with Crippen LogP contribution in [0.1, 0.15) is 65.7 Å². The van der Waals surface area contributed by atoms with Crippen molar-refractivity contribution in [2.45, 2.75) is 77.8 Å². The van der Waals surface area contributed by atoms with Crippen molar-refractivity contribution in [2.24, 2.45) is 22.8 Å². The Bertz CT molecular complexity index is 191. The third-order valence-electron chi connectivity index (χ3n) is 4.36. The highest BCUT2D eigenvalue weighted by Crippen LogP contribution is 2.41. The van der Waals surface area contributed by atoms with Gasteiger partial charge in [-0.05, 0) is 56.8 Å². The molecular formula is C14H30N2. The third kappa shape index (κ3) is 4.42. The molecule has 1 fully saturated rings. The topological polar surface area (TPSA) is 52.0 Å².